The SMILES string of the molecule is FC(F)(F)C(COCc1cccc(Oc2ccccc2)c1)c1ccc2c(c1)OCO2. The molecule has 3 aromatic rings. The van der Waals surface area contributed by atoms with Gasteiger partial charge >= 0.3 is 6.18 Å². The lowest BCUT2D eigenvalue weighted by Gasteiger charge is -2.21. The first-order chi connectivity index (χ1) is 14.5. The van der Waals surface area contributed by atoms with Crippen molar-refractivity contribution in [2.75, 3.05) is 13.4 Å². The summed E-state index contributed by atoms with van der Waals surface area (Å²) in [5.74, 6) is 0.250. The van der Waals surface area contributed by atoms with E-state index in [0.29, 0.717) is 23.0 Å². The molecule has 0 aliphatic carbocycles. The minimum absolute atomic E-state index is 0.00731. The van der Waals surface area contributed by atoms with E-state index in [1.54, 1.807) is 24.3 Å². The topological polar surface area (TPSA) is 36.9 Å². The van der Waals surface area contributed by atoms with Crippen LogP contribution < -0.4 is 14.2 Å². The van der Waals surface area contributed by atoms with Gasteiger partial charge in [0.15, 0.2) is 11.5 Å². The molecule has 1 aliphatic heterocycles. The largest absolute Gasteiger partial charge is 0.457 e. The molecule has 0 amide bonds. The van der Waals surface area contributed by atoms with Crippen molar-refractivity contribution in [3.63, 3.8) is 0 Å². The molecule has 0 saturated heterocycles. The second kappa shape index (κ2) is 8.67. The number of alkyl halides is 3. The van der Waals surface area contributed by atoms with Crippen molar-refractivity contribution in [2.45, 2.75) is 18.7 Å². The Labute approximate surface area is 171 Å². The first-order valence-corrected chi connectivity index (χ1v) is 9.35. The van der Waals surface area contributed by atoms with Crippen LogP contribution in [0.4, 0.5) is 13.2 Å². The molecule has 0 radical (unpaired) electrons. The van der Waals surface area contributed by atoms with E-state index < -0.39 is 18.7 Å². The molecule has 0 N–H and O–H groups in total. The van der Waals surface area contributed by atoms with E-state index in [0.717, 1.165) is 5.56 Å². The van der Waals surface area contributed by atoms with Gasteiger partial charge in [0, 0.05) is 0 Å². The quantitative estimate of drug-likeness (QED) is 0.468. The van der Waals surface area contributed by atoms with Crippen molar-refractivity contribution in [2.24, 2.45) is 0 Å². The minimum atomic E-state index is -4.45. The molecule has 0 aromatic heterocycles. The van der Waals surface area contributed by atoms with Crippen molar-refractivity contribution in [3.05, 3.63) is 83.9 Å². The van der Waals surface area contributed by atoms with Gasteiger partial charge in [-0.2, -0.15) is 13.2 Å². The van der Waals surface area contributed by atoms with Gasteiger partial charge in [-0.15, -0.1) is 0 Å². The number of benzene rings is 3. The van der Waals surface area contributed by atoms with Crippen LogP contribution in [0.25, 0.3) is 0 Å². The summed E-state index contributed by atoms with van der Waals surface area (Å²) >= 11 is 0. The van der Waals surface area contributed by atoms with Gasteiger partial charge in [0.25, 0.3) is 0 Å². The van der Waals surface area contributed by atoms with Gasteiger partial charge < -0.3 is 18.9 Å². The number of rotatable bonds is 7. The van der Waals surface area contributed by atoms with E-state index in [4.69, 9.17) is 18.9 Å². The second-order valence-electron chi connectivity index (χ2n) is 6.78. The van der Waals surface area contributed by atoms with Crippen LogP contribution in [0.5, 0.6) is 23.0 Å². The molecule has 3 aromatic carbocycles. The molecule has 0 spiro atoms. The average Bonchev–Trinajstić information content (AvgIpc) is 3.19. The van der Waals surface area contributed by atoms with E-state index >= 15 is 0 Å². The molecule has 1 aliphatic rings. The van der Waals surface area contributed by atoms with Crippen LogP contribution in [-0.2, 0) is 11.3 Å². The molecule has 7 heteroatoms. The van der Waals surface area contributed by atoms with Crippen molar-refractivity contribution in [1.82, 2.24) is 0 Å². The summed E-state index contributed by atoms with van der Waals surface area (Å²) in [6, 6.07) is 20.6. The van der Waals surface area contributed by atoms with Crippen molar-refractivity contribution >= 4 is 0 Å². The number of hydrogen-bond donors (Lipinski definition) is 0. The van der Waals surface area contributed by atoms with E-state index in [2.05, 4.69) is 0 Å². The van der Waals surface area contributed by atoms with Crippen LogP contribution in [0.15, 0.2) is 72.8 Å². The highest BCUT2D eigenvalue weighted by Gasteiger charge is 2.41. The third-order valence-corrected chi connectivity index (χ3v) is 4.62. The zero-order valence-corrected chi connectivity index (χ0v) is 15.9. The third kappa shape index (κ3) is 4.86. The van der Waals surface area contributed by atoms with Crippen LogP contribution in [0.1, 0.15) is 17.0 Å². The standard InChI is InChI=1S/C23H19F3O4/c24-23(25,26)20(17-9-10-21-22(12-17)29-15-28-21)14-27-13-16-5-4-8-19(11-16)30-18-6-2-1-3-7-18/h1-12,20H,13-15H2. The predicted molar refractivity (Wildman–Crippen MR) is 104 cm³/mol. The maximum Gasteiger partial charge on any atom is 0.397 e. The molecule has 1 atom stereocenters. The van der Waals surface area contributed by atoms with Crippen molar-refractivity contribution in [3.8, 4) is 23.0 Å². The monoisotopic (exact) mass is 416 g/mol. The van der Waals surface area contributed by atoms with Gasteiger partial charge in [-0.1, -0.05) is 36.4 Å². The zero-order chi connectivity index (χ0) is 21.0. The molecule has 0 bridgehead atoms. The summed E-state index contributed by atoms with van der Waals surface area (Å²) in [4.78, 5) is 0. The van der Waals surface area contributed by atoms with E-state index in [1.165, 1.54) is 18.2 Å². The first-order valence-electron chi connectivity index (χ1n) is 9.35. The maximum absolute atomic E-state index is 13.6. The van der Waals surface area contributed by atoms with Gasteiger partial charge in [-0.25, -0.2) is 0 Å². The number of halogens is 3. The maximum atomic E-state index is 13.6. The number of para-hydroxylation sites is 1. The average molecular weight is 416 g/mol. The summed E-state index contributed by atoms with van der Waals surface area (Å²) in [5, 5.41) is 0. The van der Waals surface area contributed by atoms with Crippen molar-refractivity contribution < 1.29 is 32.1 Å². The van der Waals surface area contributed by atoms with Crippen LogP contribution in [0.2, 0.25) is 0 Å². The van der Waals surface area contributed by atoms with Gasteiger partial charge in [0.05, 0.1) is 13.2 Å². The summed E-state index contributed by atoms with van der Waals surface area (Å²) in [6.45, 7) is -0.469. The van der Waals surface area contributed by atoms with Crippen molar-refractivity contribution in [1.29, 1.82) is 0 Å². The molecular formula is C23H19F3O4. The Kier molecular flexibility index (Phi) is 5.81. The van der Waals surface area contributed by atoms with Gasteiger partial charge in [0.2, 0.25) is 6.79 Å². The molecule has 30 heavy (non-hydrogen) atoms. The first kappa shape index (κ1) is 20.1. The zero-order valence-electron chi connectivity index (χ0n) is 15.9. The number of ether oxygens (including phenoxy) is 4. The summed E-state index contributed by atoms with van der Waals surface area (Å²) < 4.78 is 62.4. The summed E-state index contributed by atoms with van der Waals surface area (Å²) in [6.07, 6.45) is -4.45. The predicted octanol–water partition coefficient (Wildman–Crippen LogP) is 6.07. The molecular weight excluding hydrogens is 397 g/mol. The highest BCUT2D eigenvalue weighted by molar-refractivity contribution is 5.45. The van der Waals surface area contributed by atoms with Gasteiger partial charge in [0.1, 0.15) is 17.4 Å². The van der Waals surface area contributed by atoms with E-state index in [9.17, 15) is 13.2 Å². The molecule has 4 nitrogen and oxygen atoms in total. The second-order valence-corrected chi connectivity index (χ2v) is 6.78. The third-order valence-electron chi connectivity index (χ3n) is 4.62. The fourth-order valence-electron chi connectivity index (χ4n) is 3.13. The Morgan fingerprint density at radius 3 is 2.40 bits per heavy atom. The molecule has 4 rings (SSSR count). The Morgan fingerprint density at radius 2 is 1.60 bits per heavy atom. The summed E-state index contributed by atoms with van der Waals surface area (Å²) in [5.41, 5.74) is 0.794. The lowest BCUT2D eigenvalue weighted by atomic mass is 9.99. The number of fused-ring (bicyclic) bond motifs is 1. The fourth-order valence-corrected chi connectivity index (χ4v) is 3.13. The Bertz CT molecular complexity index is 989. The molecule has 0 saturated carbocycles. The molecule has 156 valence electrons. The number of hydrogen-bond acceptors (Lipinski definition) is 4. The lowest BCUT2D eigenvalue weighted by Crippen LogP contribution is -2.25. The van der Waals surface area contributed by atoms with Crippen LogP contribution in [0, 0.1) is 0 Å². The van der Waals surface area contributed by atoms with Crippen LogP contribution >= 0.6 is 0 Å². The Hall–Kier alpha value is -3.19. The fraction of sp³-hybridized carbons (Fsp3) is 0.217. The van der Waals surface area contributed by atoms with Crippen LogP contribution in [-0.4, -0.2) is 19.6 Å². The molecule has 1 unspecified atom stereocenters. The minimum Gasteiger partial charge on any atom is -0.457 e. The van der Waals surface area contributed by atoms with Crippen LogP contribution in [0.3, 0.4) is 0 Å². The normalized spacial score (nSPS) is 13.8. The Morgan fingerprint density at radius 1 is 0.833 bits per heavy atom. The highest BCUT2D eigenvalue weighted by Crippen LogP contribution is 2.40. The molecule has 0 fully saturated rings. The molecule has 1 heterocycles. The summed E-state index contributed by atoms with van der Waals surface area (Å²) in [7, 11) is 0. The van der Waals surface area contributed by atoms with E-state index in [1.807, 2.05) is 30.3 Å². The smallest absolute Gasteiger partial charge is 0.397 e. The Balaban J connectivity index is 1.41. The highest BCUT2D eigenvalue weighted by atomic mass is 19.4. The lowest BCUT2D eigenvalue weighted by molar-refractivity contribution is -0.163. The van der Waals surface area contributed by atoms with Gasteiger partial charge in [-0.05, 0) is 47.5 Å². The van der Waals surface area contributed by atoms with Gasteiger partial charge in [-0.3, -0.25) is 0 Å². The van der Waals surface area contributed by atoms with E-state index in [-0.39, 0.29) is 19.0 Å².